The third-order valence-electron chi connectivity index (χ3n) is 2.22. The molecule has 0 aromatic heterocycles. The summed E-state index contributed by atoms with van der Waals surface area (Å²) in [5.74, 6) is 0. The fourth-order valence-corrected chi connectivity index (χ4v) is 2.10. The number of halogens is 4. The van der Waals surface area contributed by atoms with Crippen molar-refractivity contribution < 1.29 is 64.3 Å². The molecule has 0 heterocycles. The van der Waals surface area contributed by atoms with Crippen molar-refractivity contribution >= 4 is 39.1 Å². The standard InChI is InChI=1S/C10H6BBrF3.K/c12-10-6-8-4-2-1-3-7(8)5-9(10)11(13,14)15;/h1-6H;/q-1;+1. The molecule has 2 rings (SSSR count). The Hall–Kier alpha value is 0.671. The fourth-order valence-electron chi connectivity index (χ4n) is 1.48. The van der Waals surface area contributed by atoms with Crippen LogP contribution in [0.1, 0.15) is 0 Å². The number of fused-ring (bicyclic) bond motifs is 1. The van der Waals surface area contributed by atoms with E-state index < -0.39 is 12.4 Å². The van der Waals surface area contributed by atoms with Gasteiger partial charge in [-0.1, -0.05) is 51.7 Å². The van der Waals surface area contributed by atoms with Gasteiger partial charge in [0.1, 0.15) is 0 Å². The van der Waals surface area contributed by atoms with E-state index in [1.54, 1.807) is 24.3 Å². The average Bonchev–Trinajstić information content (AvgIpc) is 2.15. The summed E-state index contributed by atoms with van der Waals surface area (Å²) in [5.41, 5.74) is -0.575. The van der Waals surface area contributed by atoms with Crippen molar-refractivity contribution in [3.63, 3.8) is 0 Å². The van der Waals surface area contributed by atoms with Gasteiger partial charge in [0.2, 0.25) is 0 Å². The molecule has 0 atom stereocenters. The maximum absolute atomic E-state index is 12.6. The molecule has 2 aromatic rings. The van der Waals surface area contributed by atoms with Crippen LogP contribution in [0, 0.1) is 0 Å². The van der Waals surface area contributed by atoms with Crippen LogP contribution in [-0.4, -0.2) is 6.98 Å². The zero-order valence-corrected chi connectivity index (χ0v) is 13.3. The van der Waals surface area contributed by atoms with E-state index in [9.17, 15) is 12.9 Å². The Kier molecular flexibility index (Phi) is 5.10. The van der Waals surface area contributed by atoms with Gasteiger partial charge >= 0.3 is 58.4 Å². The summed E-state index contributed by atoms with van der Waals surface area (Å²) in [7, 11) is 0. The second kappa shape index (κ2) is 5.54. The summed E-state index contributed by atoms with van der Waals surface area (Å²) < 4.78 is 37.9. The van der Waals surface area contributed by atoms with Crippen LogP contribution in [0.25, 0.3) is 10.8 Å². The number of hydrogen-bond acceptors (Lipinski definition) is 0. The molecule has 0 saturated carbocycles. The summed E-state index contributed by atoms with van der Waals surface area (Å²) in [5, 5.41) is 1.41. The predicted octanol–water partition coefficient (Wildman–Crippen LogP) is 0.661. The number of hydrogen-bond donors (Lipinski definition) is 0. The van der Waals surface area contributed by atoms with Gasteiger partial charge in [0.25, 0.3) is 0 Å². The van der Waals surface area contributed by atoms with Crippen LogP contribution in [0.3, 0.4) is 0 Å². The third-order valence-corrected chi connectivity index (χ3v) is 2.90. The average molecular weight is 313 g/mol. The first-order chi connectivity index (χ1) is 6.98. The first-order valence-corrected chi connectivity index (χ1v) is 5.16. The second-order valence-corrected chi connectivity index (χ2v) is 4.15. The van der Waals surface area contributed by atoms with Crippen LogP contribution in [0.15, 0.2) is 40.9 Å². The van der Waals surface area contributed by atoms with E-state index in [2.05, 4.69) is 15.9 Å². The van der Waals surface area contributed by atoms with Gasteiger partial charge in [-0.25, -0.2) is 0 Å². The molecule has 0 unspecified atom stereocenters. The maximum atomic E-state index is 12.6. The summed E-state index contributed by atoms with van der Waals surface area (Å²) in [6.07, 6.45) is 0. The molecule has 0 amide bonds. The largest absolute Gasteiger partial charge is 1.00 e. The quantitative estimate of drug-likeness (QED) is 0.679. The summed E-state index contributed by atoms with van der Waals surface area (Å²) >= 11 is 2.95. The zero-order chi connectivity index (χ0) is 11.1. The first kappa shape index (κ1) is 14.7. The molecule has 6 heteroatoms. The van der Waals surface area contributed by atoms with Crippen molar-refractivity contribution in [3.05, 3.63) is 40.9 Å². The van der Waals surface area contributed by atoms with Crippen molar-refractivity contribution in [2.75, 3.05) is 0 Å². The van der Waals surface area contributed by atoms with Gasteiger partial charge in [-0.15, -0.1) is 0 Å². The van der Waals surface area contributed by atoms with E-state index in [1.165, 1.54) is 12.1 Å². The smallest absolute Gasteiger partial charge is 0.445 e. The van der Waals surface area contributed by atoms with Gasteiger partial charge in [-0.05, 0) is 21.3 Å². The van der Waals surface area contributed by atoms with Crippen LogP contribution in [0.4, 0.5) is 12.9 Å². The summed E-state index contributed by atoms with van der Waals surface area (Å²) in [4.78, 5) is 0. The molecule has 2 aromatic carbocycles. The van der Waals surface area contributed by atoms with E-state index in [0.29, 0.717) is 5.39 Å². The molecule has 78 valence electrons. The molecule has 0 nitrogen and oxygen atoms in total. The Morgan fingerprint density at radius 2 is 1.44 bits per heavy atom. The Bertz CT molecular complexity index is 513. The Balaban J connectivity index is 0.00000128. The molecule has 0 N–H and O–H groups in total. The van der Waals surface area contributed by atoms with Crippen molar-refractivity contribution in [1.29, 1.82) is 0 Å². The van der Waals surface area contributed by atoms with E-state index in [0.717, 1.165) is 5.39 Å². The zero-order valence-electron chi connectivity index (χ0n) is 8.55. The van der Waals surface area contributed by atoms with Gasteiger partial charge in [0.05, 0.1) is 0 Å². The second-order valence-electron chi connectivity index (χ2n) is 3.30. The summed E-state index contributed by atoms with van der Waals surface area (Å²) in [6.45, 7) is -4.96. The van der Waals surface area contributed by atoms with Gasteiger partial charge in [0.15, 0.2) is 0 Å². The van der Waals surface area contributed by atoms with Crippen LogP contribution in [-0.2, 0) is 0 Å². The Morgan fingerprint density at radius 1 is 0.938 bits per heavy atom. The van der Waals surface area contributed by atoms with Gasteiger partial charge in [0, 0.05) is 0 Å². The molecular formula is C10H6BBrF3K. The van der Waals surface area contributed by atoms with E-state index in [1.807, 2.05) is 0 Å². The first-order valence-electron chi connectivity index (χ1n) is 4.36. The van der Waals surface area contributed by atoms with Crippen LogP contribution in [0.2, 0.25) is 0 Å². The molecule has 0 aliphatic rings. The van der Waals surface area contributed by atoms with Gasteiger partial charge in [-0.2, -0.15) is 0 Å². The van der Waals surface area contributed by atoms with E-state index in [-0.39, 0.29) is 55.9 Å². The third kappa shape index (κ3) is 3.11. The van der Waals surface area contributed by atoms with Crippen molar-refractivity contribution in [3.8, 4) is 0 Å². The van der Waals surface area contributed by atoms with Gasteiger partial charge < -0.3 is 12.9 Å². The molecule has 0 fully saturated rings. The molecule has 0 radical (unpaired) electrons. The molecule has 0 aliphatic carbocycles. The van der Waals surface area contributed by atoms with Crippen LogP contribution in [0.5, 0.6) is 0 Å². The topological polar surface area (TPSA) is 0 Å². The molecule has 0 bridgehead atoms. The normalized spacial score (nSPS) is 11.2. The molecular weight excluding hydrogens is 307 g/mol. The minimum absolute atomic E-state index is 0. The Labute approximate surface area is 142 Å². The fraction of sp³-hybridized carbons (Fsp3) is 0. The Morgan fingerprint density at radius 3 is 1.94 bits per heavy atom. The maximum Gasteiger partial charge on any atom is 1.00 e. The summed E-state index contributed by atoms with van der Waals surface area (Å²) in [6, 6.07) is 9.66. The van der Waals surface area contributed by atoms with Gasteiger partial charge in [-0.3, -0.25) is 0 Å². The minimum Gasteiger partial charge on any atom is -0.445 e. The minimum atomic E-state index is -4.96. The van der Waals surface area contributed by atoms with Crippen LogP contribution < -0.4 is 56.8 Å². The molecule has 0 aliphatic heterocycles. The molecule has 0 saturated heterocycles. The number of rotatable bonds is 1. The van der Waals surface area contributed by atoms with Crippen molar-refractivity contribution in [2.24, 2.45) is 0 Å². The monoisotopic (exact) mass is 312 g/mol. The van der Waals surface area contributed by atoms with Crippen molar-refractivity contribution in [2.45, 2.75) is 0 Å². The van der Waals surface area contributed by atoms with E-state index in [4.69, 9.17) is 0 Å². The van der Waals surface area contributed by atoms with E-state index >= 15 is 0 Å². The molecule has 16 heavy (non-hydrogen) atoms. The van der Waals surface area contributed by atoms with Crippen LogP contribution >= 0.6 is 15.9 Å². The van der Waals surface area contributed by atoms with Crippen molar-refractivity contribution in [1.82, 2.24) is 0 Å². The SMILES string of the molecule is F[B-](F)(F)c1cc2ccccc2cc1Br.[K+]. The molecule has 0 spiro atoms. The predicted molar refractivity (Wildman–Crippen MR) is 60.4 cm³/mol. The number of benzene rings is 2.